The normalized spacial score (nSPS) is 12.3. The molecule has 0 atom stereocenters. The summed E-state index contributed by atoms with van der Waals surface area (Å²) in [5.41, 5.74) is 0. The number of unbranched alkanes of at least 4 members (excludes halogenated alkanes) is 18. The van der Waals surface area contributed by atoms with Gasteiger partial charge < -0.3 is 0 Å². The fraction of sp³-hybridized carbons (Fsp3) is 0.778. The van der Waals surface area contributed by atoms with E-state index in [1.54, 1.807) is 0 Å². The van der Waals surface area contributed by atoms with Crippen LogP contribution < -0.4 is 0 Å². The van der Waals surface area contributed by atoms with E-state index < -0.39 is 0 Å². The van der Waals surface area contributed by atoms with Crippen molar-refractivity contribution in [2.45, 2.75) is 181 Å². The summed E-state index contributed by atoms with van der Waals surface area (Å²) < 4.78 is 0. The number of allylic oxidation sites excluding steroid dienone is 8. The predicted molar refractivity (Wildman–Crippen MR) is 174 cm³/mol. The van der Waals surface area contributed by atoms with Gasteiger partial charge in [-0.3, -0.25) is 0 Å². The third kappa shape index (κ3) is 35.0. The molecule has 0 aromatic rings. The van der Waals surface area contributed by atoms with E-state index in [1.807, 2.05) is 0 Å². The van der Waals surface area contributed by atoms with Crippen LogP contribution in [-0.2, 0) is 0 Å². The van der Waals surface area contributed by atoms with E-state index in [-0.39, 0.29) is 0 Å². The molecule has 0 saturated heterocycles. The second-order valence-corrected chi connectivity index (χ2v) is 11.0. The molecule has 0 spiro atoms. The molecule has 37 heavy (non-hydrogen) atoms. The molecule has 0 unspecified atom stereocenters. The topological polar surface area (TPSA) is 0 Å². The van der Waals surface area contributed by atoms with Gasteiger partial charge in [-0.05, 0) is 64.2 Å². The van der Waals surface area contributed by atoms with Crippen molar-refractivity contribution in [3.8, 4) is 0 Å². The molecule has 0 aliphatic rings. The van der Waals surface area contributed by atoms with Crippen LogP contribution in [0.3, 0.4) is 0 Å². The summed E-state index contributed by atoms with van der Waals surface area (Å²) in [4.78, 5) is 0. The van der Waals surface area contributed by atoms with E-state index in [1.165, 1.54) is 154 Å². The van der Waals surface area contributed by atoms with Crippen molar-refractivity contribution in [1.82, 2.24) is 0 Å². The van der Waals surface area contributed by atoms with E-state index in [4.69, 9.17) is 0 Å². The van der Waals surface area contributed by atoms with Crippen molar-refractivity contribution >= 4 is 7.28 Å². The Morgan fingerprint density at radius 1 is 0.324 bits per heavy atom. The van der Waals surface area contributed by atoms with Crippen LogP contribution in [0.15, 0.2) is 48.6 Å². The molecule has 0 nitrogen and oxygen atoms in total. The predicted octanol–water partition coefficient (Wildman–Crippen LogP) is 13.2. The second-order valence-electron chi connectivity index (χ2n) is 11.0. The van der Waals surface area contributed by atoms with Gasteiger partial charge in [-0.2, -0.15) is 0 Å². The lowest BCUT2D eigenvalue weighted by molar-refractivity contribution is 0.606. The Morgan fingerprint density at radius 2 is 0.622 bits per heavy atom. The largest absolute Gasteiger partial charge is 0.109 e. The molecule has 0 rings (SSSR count). The number of rotatable bonds is 30. The van der Waals surface area contributed by atoms with E-state index in [2.05, 4.69) is 69.7 Å². The lowest BCUT2D eigenvalue weighted by atomic mass is 9.68. The van der Waals surface area contributed by atoms with Crippen molar-refractivity contribution in [3.05, 3.63) is 48.6 Å². The first-order valence-corrected chi connectivity index (χ1v) is 16.8. The molecule has 213 valence electrons. The SMILES string of the molecule is CCCCC/C=C\C/C=C\CCCCCCCC[B]CCCCCCCC/C=C\C/C=C\CCCCC. The Morgan fingerprint density at radius 3 is 0.973 bits per heavy atom. The van der Waals surface area contributed by atoms with E-state index in [9.17, 15) is 0 Å². The molecule has 0 aromatic heterocycles. The molecule has 1 heteroatoms. The van der Waals surface area contributed by atoms with Gasteiger partial charge in [0.15, 0.2) is 0 Å². The average Bonchev–Trinajstić information content (AvgIpc) is 2.91. The summed E-state index contributed by atoms with van der Waals surface area (Å²) >= 11 is 0. The summed E-state index contributed by atoms with van der Waals surface area (Å²) in [5, 5.41) is 0. The standard InChI is InChI=1S/C36H66B/c1-3-5-7-9-11-13-15-17-19-21-23-25-27-29-31-33-35-37-36-34-32-30-28-26-24-22-20-18-16-14-12-10-8-6-4-2/h11-14,17-20H,3-10,15-16,21-36H2,1-2H3/b13-11-,14-12-,19-17-,20-18-. The molecule has 0 aliphatic carbocycles. The van der Waals surface area contributed by atoms with Crippen LogP contribution in [0.5, 0.6) is 0 Å². The summed E-state index contributed by atoms with van der Waals surface area (Å²) in [6.45, 7) is 4.54. The van der Waals surface area contributed by atoms with Gasteiger partial charge in [-0.15, -0.1) is 0 Å². The van der Waals surface area contributed by atoms with Gasteiger partial charge in [0.25, 0.3) is 0 Å². The number of hydrogen-bond acceptors (Lipinski definition) is 0. The van der Waals surface area contributed by atoms with Gasteiger partial charge in [-0.25, -0.2) is 0 Å². The van der Waals surface area contributed by atoms with Crippen LogP contribution in [-0.4, -0.2) is 7.28 Å². The molecule has 0 saturated carbocycles. The lowest BCUT2D eigenvalue weighted by Crippen LogP contribution is -1.90. The zero-order chi connectivity index (χ0) is 26.7. The van der Waals surface area contributed by atoms with Crippen molar-refractivity contribution in [1.29, 1.82) is 0 Å². The van der Waals surface area contributed by atoms with Crippen molar-refractivity contribution in [3.63, 3.8) is 0 Å². The summed E-state index contributed by atoms with van der Waals surface area (Å²) in [5.74, 6) is 0. The van der Waals surface area contributed by atoms with Crippen LogP contribution in [0.4, 0.5) is 0 Å². The summed E-state index contributed by atoms with van der Waals surface area (Å²) in [7, 11) is 2.56. The maximum absolute atomic E-state index is 2.56. The molecular weight excluding hydrogens is 443 g/mol. The van der Waals surface area contributed by atoms with Gasteiger partial charge >= 0.3 is 0 Å². The van der Waals surface area contributed by atoms with Crippen molar-refractivity contribution in [2.24, 2.45) is 0 Å². The fourth-order valence-electron chi connectivity index (χ4n) is 4.70. The van der Waals surface area contributed by atoms with E-state index in [0.717, 1.165) is 12.8 Å². The molecule has 0 amide bonds. The Kier molecular flexibility index (Phi) is 34.1. The average molecular weight is 510 g/mol. The van der Waals surface area contributed by atoms with Crippen LogP contribution in [0.25, 0.3) is 0 Å². The molecule has 0 N–H and O–H groups in total. The van der Waals surface area contributed by atoms with Crippen molar-refractivity contribution in [2.75, 3.05) is 0 Å². The monoisotopic (exact) mass is 510 g/mol. The molecule has 0 heterocycles. The van der Waals surface area contributed by atoms with Gasteiger partial charge in [0.05, 0.1) is 0 Å². The smallest absolute Gasteiger partial charge is 0.0882 e. The third-order valence-electron chi connectivity index (χ3n) is 7.22. The quantitative estimate of drug-likeness (QED) is 0.0513. The van der Waals surface area contributed by atoms with E-state index >= 15 is 0 Å². The Balaban J connectivity index is 3.16. The molecule has 1 radical (unpaired) electrons. The fourth-order valence-corrected chi connectivity index (χ4v) is 4.70. The highest BCUT2D eigenvalue weighted by atomic mass is 14.0. The van der Waals surface area contributed by atoms with E-state index in [0.29, 0.717) is 0 Å². The van der Waals surface area contributed by atoms with Crippen molar-refractivity contribution < 1.29 is 0 Å². The first-order chi connectivity index (χ1) is 18.4. The van der Waals surface area contributed by atoms with Gasteiger partial charge in [0.1, 0.15) is 7.28 Å². The van der Waals surface area contributed by atoms with Gasteiger partial charge in [-0.1, -0.05) is 165 Å². The molecule has 0 bridgehead atoms. The summed E-state index contributed by atoms with van der Waals surface area (Å²) in [6, 6.07) is 0. The highest BCUT2D eigenvalue weighted by Crippen LogP contribution is 2.12. The minimum absolute atomic E-state index is 1.12. The Bertz CT molecular complexity index is 467. The third-order valence-corrected chi connectivity index (χ3v) is 7.22. The van der Waals surface area contributed by atoms with Crippen LogP contribution in [0, 0.1) is 0 Å². The Labute approximate surface area is 236 Å². The minimum Gasteiger partial charge on any atom is -0.0882 e. The van der Waals surface area contributed by atoms with Crippen LogP contribution in [0.2, 0.25) is 12.6 Å². The molecule has 0 fully saturated rings. The van der Waals surface area contributed by atoms with Gasteiger partial charge in [0.2, 0.25) is 0 Å². The maximum atomic E-state index is 2.56. The highest BCUT2D eigenvalue weighted by molar-refractivity contribution is 6.35. The molecular formula is C36H66B. The van der Waals surface area contributed by atoms with Crippen LogP contribution >= 0.6 is 0 Å². The molecule has 0 aliphatic heterocycles. The minimum atomic E-state index is 1.12. The zero-order valence-electron chi connectivity index (χ0n) is 25.6. The Hall–Kier alpha value is -0.975. The summed E-state index contributed by atoms with van der Waals surface area (Å²) in [6.07, 6.45) is 53.9. The second kappa shape index (κ2) is 35.0. The number of hydrogen-bond donors (Lipinski definition) is 0. The zero-order valence-corrected chi connectivity index (χ0v) is 25.6. The highest BCUT2D eigenvalue weighted by Gasteiger charge is 1.95. The first-order valence-electron chi connectivity index (χ1n) is 16.8. The maximum Gasteiger partial charge on any atom is 0.109 e. The first kappa shape index (κ1) is 36.0. The van der Waals surface area contributed by atoms with Crippen LogP contribution in [0.1, 0.15) is 168 Å². The lowest BCUT2D eigenvalue weighted by Gasteiger charge is -2.02. The molecule has 0 aromatic carbocycles. The van der Waals surface area contributed by atoms with Gasteiger partial charge in [0, 0.05) is 0 Å².